The highest BCUT2D eigenvalue weighted by atomic mass is 15.3. The van der Waals surface area contributed by atoms with E-state index in [-0.39, 0.29) is 0 Å². The largest absolute Gasteiger partial charge is 0.307 e. The Morgan fingerprint density at radius 2 is 1.78 bits per heavy atom. The van der Waals surface area contributed by atoms with E-state index in [4.69, 9.17) is 5.84 Å². The lowest BCUT2D eigenvalue weighted by molar-refractivity contribution is 0.241. The molecule has 0 atom stereocenters. The van der Waals surface area contributed by atoms with Crippen LogP contribution in [0, 0.1) is 11.8 Å². The van der Waals surface area contributed by atoms with Gasteiger partial charge in [0.25, 0.3) is 0 Å². The number of nitrogens with one attached hydrogen (secondary N) is 1. The van der Waals surface area contributed by atoms with Crippen LogP contribution in [0.15, 0.2) is 12.4 Å². The van der Waals surface area contributed by atoms with Gasteiger partial charge in [-0.2, -0.15) is 0 Å². The zero-order valence-electron chi connectivity index (χ0n) is 10.7. The van der Waals surface area contributed by atoms with E-state index in [0.717, 1.165) is 24.1 Å². The fraction of sp³-hybridized carbons (Fsp3) is 0.692. The zero-order chi connectivity index (χ0) is 12.4. The third kappa shape index (κ3) is 3.40. The monoisotopic (exact) mass is 247 g/mol. The average Bonchev–Trinajstić information content (AvgIpc) is 3.26. The second-order valence-corrected chi connectivity index (χ2v) is 5.62. The minimum Gasteiger partial charge on any atom is -0.307 e. The molecule has 3 rings (SSSR count). The van der Waals surface area contributed by atoms with Crippen LogP contribution in [-0.2, 0) is 6.54 Å². The van der Waals surface area contributed by atoms with Crippen molar-refractivity contribution in [1.29, 1.82) is 0 Å². The molecular formula is C13H21N5. The lowest BCUT2D eigenvalue weighted by Crippen LogP contribution is -2.28. The van der Waals surface area contributed by atoms with Crippen LogP contribution in [0.4, 0.5) is 5.82 Å². The first-order chi connectivity index (χ1) is 8.83. The molecule has 18 heavy (non-hydrogen) atoms. The molecule has 1 heterocycles. The van der Waals surface area contributed by atoms with Gasteiger partial charge in [0.05, 0.1) is 18.1 Å². The maximum absolute atomic E-state index is 5.29. The van der Waals surface area contributed by atoms with Crippen molar-refractivity contribution in [3.8, 4) is 0 Å². The minimum absolute atomic E-state index is 0.620. The molecule has 98 valence electrons. The van der Waals surface area contributed by atoms with Crippen molar-refractivity contribution in [3.05, 3.63) is 18.1 Å². The van der Waals surface area contributed by atoms with Gasteiger partial charge >= 0.3 is 0 Å². The number of aromatic nitrogens is 2. The quantitative estimate of drug-likeness (QED) is 0.563. The van der Waals surface area contributed by atoms with Crippen LogP contribution >= 0.6 is 0 Å². The Labute approximate surface area is 108 Å². The van der Waals surface area contributed by atoms with Crippen LogP contribution in [0.1, 0.15) is 31.4 Å². The highest BCUT2D eigenvalue weighted by molar-refractivity contribution is 5.28. The summed E-state index contributed by atoms with van der Waals surface area (Å²) >= 11 is 0. The van der Waals surface area contributed by atoms with E-state index >= 15 is 0 Å². The molecule has 0 aliphatic heterocycles. The highest BCUT2D eigenvalue weighted by Crippen LogP contribution is 2.34. The maximum Gasteiger partial charge on any atom is 0.158 e. The van der Waals surface area contributed by atoms with Crippen LogP contribution in [-0.4, -0.2) is 28.0 Å². The molecule has 2 aliphatic rings. The molecule has 0 spiro atoms. The van der Waals surface area contributed by atoms with Gasteiger partial charge in [-0.3, -0.25) is 9.88 Å². The molecule has 0 saturated heterocycles. The van der Waals surface area contributed by atoms with Crippen molar-refractivity contribution in [1.82, 2.24) is 14.9 Å². The van der Waals surface area contributed by atoms with Crippen LogP contribution in [0.2, 0.25) is 0 Å². The molecular weight excluding hydrogens is 226 g/mol. The number of nitrogens with zero attached hydrogens (tertiary/aromatic N) is 3. The Morgan fingerprint density at radius 3 is 2.22 bits per heavy atom. The fourth-order valence-corrected chi connectivity index (χ4v) is 2.27. The van der Waals surface area contributed by atoms with Crippen LogP contribution in [0.3, 0.4) is 0 Å². The lowest BCUT2D eigenvalue weighted by Gasteiger charge is -2.21. The van der Waals surface area contributed by atoms with Crippen LogP contribution in [0.25, 0.3) is 0 Å². The standard InChI is InChI=1S/C13H21N5/c14-17-13-6-15-12(5-16-13)9-18(7-10-1-2-10)8-11-3-4-11/h5-6,10-11H,1-4,7-9,14H2,(H,16,17). The van der Waals surface area contributed by atoms with Gasteiger partial charge in [-0.05, 0) is 37.5 Å². The van der Waals surface area contributed by atoms with Crippen molar-refractivity contribution in [2.45, 2.75) is 32.2 Å². The molecule has 1 aromatic heterocycles. The van der Waals surface area contributed by atoms with Gasteiger partial charge in [-0.15, -0.1) is 0 Å². The first-order valence-corrected chi connectivity index (χ1v) is 6.83. The zero-order valence-corrected chi connectivity index (χ0v) is 10.7. The summed E-state index contributed by atoms with van der Waals surface area (Å²) in [5.41, 5.74) is 3.54. The average molecular weight is 247 g/mol. The van der Waals surface area contributed by atoms with E-state index in [1.54, 1.807) is 6.20 Å². The normalized spacial score (nSPS) is 19.2. The summed E-state index contributed by atoms with van der Waals surface area (Å²) in [7, 11) is 0. The topological polar surface area (TPSA) is 67.1 Å². The summed E-state index contributed by atoms with van der Waals surface area (Å²) < 4.78 is 0. The fourth-order valence-electron chi connectivity index (χ4n) is 2.27. The van der Waals surface area contributed by atoms with E-state index < -0.39 is 0 Å². The van der Waals surface area contributed by atoms with Gasteiger partial charge < -0.3 is 5.43 Å². The predicted octanol–water partition coefficient (Wildman–Crippen LogP) is 1.38. The number of nitrogen functional groups attached to an aromatic ring is 1. The number of nitrogens with two attached hydrogens (primary N) is 1. The molecule has 0 radical (unpaired) electrons. The Morgan fingerprint density at radius 1 is 1.11 bits per heavy atom. The van der Waals surface area contributed by atoms with E-state index in [1.807, 2.05) is 6.20 Å². The molecule has 0 unspecified atom stereocenters. The summed E-state index contributed by atoms with van der Waals surface area (Å²) in [6, 6.07) is 0. The van der Waals surface area contributed by atoms with Gasteiger partial charge in [0.2, 0.25) is 0 Å². The van der Waals surface area contributed by atoms with Crippen molar-refractivity contribution < 1.29 is 0 Å². The van der Waals surface area contributed by atoms with Crippen molar-refractivity contribution >= 4 is 5.82 Å². The van der Waals surface area contributed by atoms with Gasteiger partial charge in [0, 0.05) is 19.6 Å². The van der Waals surface area contributed by atoms with E-state index in [2.05, 4.69) is 20.3 Å². The number of hydrogen-bond acceptors (Lipinski definition) is 5. The molecule has 5 nitrogen and oxygen atoms in total. The van der Waals surface area contributed by atoms with Crippen molar-refractivity contribution in [3.63, 3.8) is 0 Å². The Hall–Kier alpha value is -1.20. The molecule has 5 heteroatoms. The second-order valence-electron chi connectivity index (χ2n) is 5.62. The maximum atomic E-state index is 5.29. The Bertz CT molecular complexity index is 369. The van der Waals surface area contributed by atoms with Gasteiger partial charge in [-0.25, -0.2) is 10.8 Å². The summed E-state index contributed by atoms with van der Waals surface area (Å²) in [6.07, 6.45) is 9.14. The highest BCUT2D eigenvalue weighted by Gasteiger charge is 2.29. The smallest absolute Gasteiger partial charge is 0.158 e. The van der Waals surface area contributed by atoms with E-state index in [9.17, 15) is 0 Å². The van der Waals surface area contributed by atoms with E-state index in [1.165, 1.54) is 38.8 Å². The summed E-state index contributed by atoms with van der Waals surface area (Å²) in [5.74, 6) is 7.77. The number of anilines is 1. The third-order valence-electron chi connectivity index (χ3n) is 3.67. The number of rotatable bonds is 7. The van der Waals surface area contributed by atoms with Crippen molar-refractivity contribution in [2.24, 2.45) is 17.7 Å². The SMILES string of the molecule is NNc1cnc(CN(CC2CC2)CC2CC2)cn1. The van der Waals surface area contributed by atoms with Crippen LogP contribution in [0.5, 0.6) is 0 Å². The molecule has 0 bridgehead atoms. The molecule has 2 fully saturated rings. The van der Waals surface area contributed by atoms with E-state index in [0.29, 0.717) is 5.82 Å². The first-order valence-electron chi connectivity index (χ1n) is 6.83. The third-order valence-corrected chi connectivity index (χ3v) is 3.67. The molecule has 2 aliphatic carbocycles. The number of hydrazine groups is 1. The molecule has 3 N–H and O–H groups in total. The predicted molar refractivity (Wildman–Crippen MR) is 70.6 cm³/mol. The minimum atomic E-state index is 0.620. The Balaban J connectivity index is 1.58. The van der Waals surface area contributed by atoms with Gasteiger partial charge in [-0.1, -0.05) is 0 Å². The van der Waals surface area contributed by atoms with Crippen molar-refractivity contribution in [2.75, 3.05) is 18.5 Å². The molecule has 0 aromatic carbocycles. The molecule has 0 amide bonds. The molecule has 1 aromatic rings. The lowest BCUT2D eigenvalue weighted by atomic mass is 10.3. The number of hydrogen-bond donors (Lipinski definition) is 2. The molecule has 2 saturated carbocycles. The van der Waals surface area contributed by atoms with Crippen LogP contribution < -0.4 is 11.3 Å². The first kappa shape index (κ1) is 11.9. The summed E-state index contributed by atoms with van der Waals surface area (Å²) in [4.78, 5) is 11.2. The summed E-state index contributed by atoms with van der Waals surface area (Å²) in [6.45, 7) is 3.38. The Kier molecular flexibility index (Phi) is 3.43. The van der Waals surface area contributed by atoms with Gasteiger partial charge in [0.1, 0.15) is 0 Å². The van der Waals surface area contributed by atoms with Gasteiger partial charge in [0.15, 0.2) is 5.82 Å². The summed E-state index contributed by atoms with van der Waals surface area (Å²) in [5, 5.41) is 0. The second kappa shape index (κ2) is 5.20.